The summed E-state index contributed by atoms with van der Waals surface area (Å²) in [6.45, 7) is 1.90. The molecule has 1 amide bonds. The largest absolute Gasteiger partial charge is 0.349 e. The third-order valence-electron chi connectivity index (χ3n) is 2.41. The predicted molar refractivity (Wildman–Crippen MR) is 78.2 cm³/mol. The average Bonchev–Trinajstić information content (AvgIpc) is 2.36. The minimum Gasteiger partial charge on any atom is -0.349 e. The van der Waals surface area contributed by atoms with Gasteiger partial charge in [0.1, 0.15) is 5.82 Å². The Morgan fingerprint density at radius 2 is 2.25 bits per heavy atom. The zero-order chi connectivity index (χ0) is 15.1. The van der Waals surface area contributed by atoms with Crippen molar-refractivity contribution < 1.29 is 13.4 Å². The topological polar surface area (TPSA) is 72.2 Å². The SMILES string of the molecule is CC(CS(C)=O)NC(=O)c1cc(F)ccc1C#CCN. The van der Waals surface area contributed by atoms with Crippen LogP contribution in [-0.4, -0.2) is 34.7 Å². The summed E-state index contributed by atoms with van der Waals surface area (Å²) < 4.78 is 24.4. The third kappa shape index (κ3) is 5.11. The van der Waals surface area contributed by atoms with Gasteiger partial charge in [-0.05, 0) is 25.1 Å². The number of nitrogens with two attached hydrogens (primary N) is 1. The molecule has 4 nitrogen and oxygen atoms in total. The zero-order valence-electron chi connectivity index (χ0n) is 11.4. The zero-order valence-corrected chi connectivity index (χ0v) is 12.2. The van der Waals surface area contributed by atoms with Gasteiger partial charge in [0, 0.05) is 34.4 Å². The molecule has 0 bridgehead atoms. The van der Waals surface area contributed by atoms with E-state index in [1.165, 1.54) is 12.1 Å². The standard InChI is InChI=1S/C14H17FN2O2S/c1-10(9-20(2)19)17-14(18)13-8-12(15)6-5-11(13)4-3-7-16/h5-6,8,10H,7,9,16H2,1-2H3,(H,17,18). The van der Waals surface area contributed by atoms with Gasteiger partial charge in [0.15, 0.2) is 0 Å². The molecule has 0 spiro atoms. The van der Waals surface area contributed by atoms with Crippen LogP contribution in [-0.2, 0) is 10.8 Å². The lowest BCUT2D eigenvalue weighted by molar-refractivity contribution is 0.0943. The molecule has 1 aromatic rings. The number of carbonyl (C=O) groups excluding carboxylic acids is 1. The summed E-state index contributed by atoms with van der Waals surface area (Å²) in [5.41, 5.74) is 5.85. The molecule has 108 valence electrons. The Hall–Kier alpha value is -1.71. The number of hydrogen-bond donors (Lipinski definition) is 2. The first-order valence-corrected chi connectivity index (χ1v) is 7.76. The normalized spacial score (nSPS) is 13.0. The minimum absolute atomic E-state index is 0.152. The molecule has 0 heterocycles. The number of amides is 1. The lowest BCUT2D eigenvalue weighted by Gasteiger charge is -2.13. The van der Waals surface area contributed by atoms with Crippen molar-refractivity contribution in [2.75, 3.05) is 18.6 Å². The number of benzene rings is 1. The molecule has 2 unspecified atom stereocenters. The van der Waals surface area contributed by atoms with Crippen LogP contribution in [0.4, 0.5) is 4.39 Å². The first kappa shape index (κ1) is 16.3. The number of carbonyl (C=O) groups is 1. The maximum absolute atomic E-state index is 13.3. The van der Waals surface area contributed by atoms with Crippen molar-refractivity contribution in [3.8, 4) is 11.8 Å². The van der Waals surface area contributed by atoms with Gasteiger partial charge in [-0.2, -0.15) is 0 Å². The van der Waals surface area contributed by atoms with E-state index in [2.05, 4.69) is 17.2 Å². The summed E-state index contributed by atoms with van der Waals surface area (Å²) >= 11 is 0. The molecular weight excluding hydrogens is 279 g/mol. The first-order chi connectivity index (χ1) is 9.43. The Balaban J connectivity index is 2.96. The van der Waals surface area contributed by atoms with Crippen molar-refractivity contribution in [2.45, 2.75) is 13.0 Å². The van der Waals surface area contributed by atoms with Crippen molar-refractivity contribution in [3.05, 3.63) is 35.1 Å². The van der Waals surface area contributed by atoms with Crippen molar-refractivity contribution in [2.24, 2.45) is 5.73 Å². The molecule has 1 aromatic carbocycles. The van der Waals surface area contributed by atoms with Crippen LogP contribution >= 0.6 is 0 Å². The third-order valence-corrected chi connectivity index (χ3v) is 3.38. The van der Waals surface area contributed by atoms with Crippen LogP contribution in [0.1, 0.15) is 22.8 Å². The molecule has 0 aliphatic heterocycles. The van der Waals surface area contributed by atoms with Crippen molar-refractivity contribution >= 4 is 16.7 Å². The van der Waals surface area contributed by atoms with Crippen LogP contribution in [0.2, 0.25) is 0 Å². The van der Waals surface area contributed by atoms with Crippen LogP contribution in [0.15, 0.2) is 18.2 Å². The molecule has 6 heteroatoms. The molecule has 0 aromatic heterocycles. The summed E-state index contributed by atoms with van der Waals surface area (Å²) in [7, 11) is -1.02. The smallest absolute Gasteiger partial charge is 0.252 e. The quantitative estimate of drug-likeness (QED) is 0.801. The molecule has 2 atom stereocenters. The molecular formula is C14H17FN2O2S. The van der Waals surface area contributed by atoms with E-state index in [-0.39, 0.29) is 18.2 Å². The van der Waals surface area contributed by atoms with Gasteiger partial charge < -0.3 is 11.1 Å². The van der Waals surface area contributed by atoms with Gasteiger partial charge in [-0.3, -0.25) is 9.00 Å². The number of halogens is 1. The fourth-order valence-electron chi connectivity index (χ4n) is 1.65. The van der Waals surface area contributed by atoms with E-state index in [0.29, 0.717) is 11.3 Å². The van der Waals surface area contributed by atoms with Crippen molar-refractivity contribution in [3.63, 3.8) is 0 Å². The first-order valence-electron chi connectivity index (χ1n) is 6.03. The molecule has 0 aliphatic rings. The van der Waals surface area contributed by atoms with Gasteiger partial charge in [-0.1, -0.05) is 11.8 Å². The monoisotopic (exact) mass is 296 g/mol. The van der Waals surface area contributed by atoms with E-state index >= 15 is 0 Å². The van der Waals surface area contributed by atoms with E-state index in [4.69, 9.17) is 5.73 Å². The number of rotatable bonds is 4. The van der Waals surface area contributed by atoms with E-state index in [0.717, 1.165) is 6.07 Å². The van der Waals surface area contributed by atoms with Gasteiger partial charge >= 0.3 is 0 Å². The van der Waals surface area contributed by atoms with Crippen LogP contribution in [0.3, 0.4) is 0 Å². The summed E-state index contributed by atoms with van der Waals surface area (Å²) in [5, 5.41) is 2.67. The highest BCUT2D eigenvalue weighted by molar-refractivity contribution is 7.84. The second-order valence-electron chi connectivity index (χ2n) is 4.31. The number of hydrogen-bond acceptors (Lipinski definition) is 3. The van der Waals surface area contributed by atoms with Gasteiger partial charge in [0.05, 0.1) is 12.1 Å². The average molecular weight is 296 g/mol. The van der Waals surface area contributed by atoms with Crippen LogP contribution < -0.4 is 11.1 Å². The predicted octanol–water partition coefficient (Wildman–Crippen LogP) is 0.633. The highest BCUT2D eigenvalue weighted by Gasteiger charge is 2.14. The molecule has 0 saturated heterocycles. The highest BCUT2D eigenvalue weighted by atomic mass is 32.2. The van der Waals surface area contributed by atoms with Gasteiger partial charge in [0.2, 0.25) is 0 Å². The minimum atomic E-state index is -1.02. The fraction of sp³-hybridized carbons (Fsp3) is 0.357. The van der Waals surface area contributed by atoms with Crippen molar-refractivity contribution in [1.29, 1.82) is 0 Å². The molecule has 0 saturated carbocycles. The second-order valence-corrected chi connectivity index (χ2v) is 5.79. The maximum Gasteiger partial charge on any atom is 0.252 e. The molecule has 0 radical (unpaired) electrons. The highest BCUT2D eigenvalue weighted by Crippen LogP contribution is 2.11. The number of nitrogens with one attached hydrogen (secondary N) is 1. The maximum atomic E-state index is 13.3. The van der Waals surface area contributed by atoms with E-state index in [1.807, 2.05) is 0 Å². The van der Waals surface area contributed by atoms with E-state index in [9.17, 15) is 13.4 Å². The van der Waals surface area contributed by atoms with Gasteiger partial charge in [0.25, 0.3) is 5.91 Å². The summed E-state index contributed by atoms with van der Waals surface area (Å²) in [5.74, 6) is 4.75. The molecule has 3 N–H and O–H groups in total. The molecule has 0 aliphatic carbocycles. The van der Waals surface area contributed by atoms with Crippen LogP contribution in [0.5, 0.6) is 0 Å². The Kier molecular flexibility index (Phi) is 6.36. The summed E-state index contributed by atoms with van der Waals surface area (Å²) in [6.07, 6.45) is 1.56. The molecule has 20 heavy (non-hydrogen) atoms. The van der Waals surface area contributed by atoms with Gasteiger partial charge in [-0.15, -0.1) is 0 Å². The molecule has 0 fully saturated rings. The lowest BCUT2D eigenvalue weighted by atomic mass is 10.1. The fourth-order valence-corrected chi connectivity index (χ4v) is 2.44. The lowest BCUT2D eigenvalue weighted by Crippen LogP contribution is -2.36. The van der Waals surface area contributed by atoms with Crippen molar-refractivity contribution in [1.82, 2.24) is 5.32 Å². The Bertz CT molecular complexity index is 578. The summed E-state index contributed by atoms with van der Waals surface area (Å²) in [6, 6.07) is 3.54. The molecule has 1 rings (SSSR count). The second kappa shape index (κ2) is 7.78. The van der Waals surface area contributed by atoms with E-state index in [1.54, 1.807) is 13.2 Å². The Morgan fingerprint density at radius 1 is 1.55 bits per heavy atom. The Morgan fingerprint density at radius 3 is 2.85 bits per heavy atom. The van der Waals surface area contributed by atoms with Crippen LogP contribution in [0, 0.1) is 17.7 Å². The van der Waals surface area contributed by atoms with Crippen LogP contribution in [0.25, 0.3) is 0 Å². The van der Waals surface area contributed by atoms with E-state index < -0.39 is 22.5 Å². The summed E-state index contributed by atoms with van der Waals surface area (Å²) in [4.78, 5) is 12.1. The van der Waals surface area contributed by atoms with Gasteiger partial charge in [-0.25, -0.2) is 4.39 Å². The Labute approximate surface area is 120 Å².